The third-order valence-corrected chi connectivity index (χ3v) is 13.3. The number of amides is 3. The van der Waals surface area contributed by atoms with Crippen molar-refractivity contribution in [2.24, 2.45) is 0 Å². The first-order valence-electron chi connectivity index (χ1n) is 23.5. The predicted octanol–water partition coefficient (Wildman–Crippen LogP) is 6.19. The number of esters is 2. The number of methoxy groups -OCH3 is 5. The summed E-state index contributed by atoms with van der Waals surface area (Å²) in [5, 5.41) is 5.53. The van der Waals surface area contributed by atoms with Crippen LogP contribution in [0.5, 0.6) is 40.2 Å². The maximum Gasteiger partial charge on any atom is 0.587 e. The summed E-state index contributed by atoms with van der Waals surface area (Å²) >= 11 is 0. The summed E-state index contributed by atoms with van der Waals surface area (Å²) < 4.78 is 78.3. The normalized spacial score (nSPS) is 18.3. The van der Waals surface area contributed by atoms with E-state index in [1.54, 1.807) is 112 Å². The van der Waals surface area contributed by atoms with E-state index >= 15 is 0 Å². The minimum Gasteiger partial charge on any atom is -0.497 e. The maximum absolute atomic E-state index is 14.7. The van der Waals surface area contributed by atoms with Gasteiger partial charge < -0.3 is 62.5 Å². The van der Waals surface area contributed by atoms with Crippen molar-refractivity contribution in [2.45, 2.75) is 95.2 Å². The van der Waals surface area contributed by atoms with E-state index in [0.717, 1.165) is 0 Å². The zero-order chi connectivity index (χ0) is 52.9. The van der Waals surface area contributed by atoms with Crippen molar-refractivity contribution in [1.82, 2.24) is 15.5 Å². The lowest BCUT2D eigenvalue weighted by molar-refractivity contribution is -0.195. The molecule has 3 amide bonds. The number of benzene rings is 4. The van der Waals surface area contributed by atoms with Gasteiger partial charge in [0, 0.05) is 56.5 Å². The Morgan fingerprint density at radius 1 is 0.726 bits per heavy atom. The zero-order valence-corrected chi connectivity index (χ0v) is 43.4. The largest absolute Gasteiger partial charge is 0.587 e. The molecular formula is C52H64N3O17P. The maximum atomic E-state index is 14.7. The first kappa shape index (κ1) is 55.3. The summed E-state index contributed by atoms with van der Waals surface area (Å²) in [5.74, 6) is -1.65. The second kappa shape index (κ2) is 24.6. The number of hydrogen-bond acceptors (Lipinski definition) is 17. The van der Waals surface area contributed by atoms with Crippen LogP contribution in [0.2, 0.25) is 0 Å². The SMILES string of the molecule is COc1ccc(C[C@H](NC(=O)[C@@H]2CCCN2C(=O)[C@H](Cc2c(OC)cc(OC)cc2OC)NC(C)=O)C(=O)OCC2(C(=O)OC(C)(C)C)OCCC2OP(=O)(Oc2ccccc2)Oc2ccccc2)c(OC)c1. The van der Waals surface area contributed by atoms with Crippen LogP contribution in [-0.2, 0) is 60.1 Å². The molecule has 4 aromatic carbocycles. The van der Waals surface area contributed by atoms with E-state index in [-0.39, 0.29) is 50.3 Å². The molecule has 0 radical (unpaired) electrons. The highest BCUT2D eigenvalue weighted by Gasteiger charge is 2.58. The van der Waals surface area contributed by atoms with Crippen LogP contribution in [0.4, 0.5) is 0 Å². The molecule has 2 heterocycles. The second-order valence-electron chi connectivity index (χ2n) is 18.1. The number of para-hydroxylation sites is 2. The topological polar surface area (TPSA) is 231 Å². The molecule has 2 fully saturated rings. The predicted molar refractivity (Wildman–Crippen MR) is 264 cm³/mol. The number of ether oxygens (including phenoxy) is 8. The first-order chi connectivity index (χ1) is 34.8. The summed E-state index contributed by atoms with van der Waals surface area (Å²) in [5.41, 5.74) is -2.41. The highest BCUT2D eigenvalue weighted by atomic mass is 31.2. The minimum absolute atomic E-state index is 0.0522. The Morgan fingerprint density at radius 3 is 1.86 bits per heavy atom. The number of hydrogen-bond donors (Lipinski definition) is 2. The molecule has 0 aromatic heterocycles. The highest BCUT2D eigenvalue weighted by molar-refractivity contribution is 7.49. The van der Waals surface area contributed by atoms with Gasteiger partial charge in [0.15, 0.2) is 0 Å². The Balaban J connectivity index is 1.31. The van der Waals surface area contributed by atoms with Gasteiger partial charge in [-0.05, 0) is 69.5 Å². The molecular weight excluding hydrogens is 970 g/mol. The second-order valence-corrected chi connectivity index (χ2v) is 19.6. The van der Waals surface area contributed by atoms with Crippen LogP contribution in [0, 0.1) is 0 Å². The molecule has 2 aliphatic heterocycles. The van der Waals surface area contributed by atoms with Gasteiger partial charge in [0.05, 0.1) is 42.2 Å². The third kappa shape index (κ3) is 14.1. The molecule has 0 bridgehead atoms. The van der Waals surface area contributed by atoms with Crippen LogP contribution in [-0.4, -0.2) is 125 Å². The molecule has 0 spiro atoms. The Morgan fingerprint density at radius 2 is 1.32 bits per heavy atom. The molecule has 2 saturated heterocycles. The van der Waals surface area contributed by atoms with Crippen molar-refractivity contribution in [3.05, 3.63) is 102 Å². The molecule has 4 aromatic rings. The van der Waals surface area contributed by atoms with E-state index in [9.17, 15) is 28.5 Å². The van der Waals surface area contributed by atoms with E-state index in [2.05, 4.69) is 10.6 Å². The summed E-state index contributed by atoms with van der Waals surface area (Å²) in [6, 6.07) is 20.7. The quantitative estimate of drug-likeness (QED) is 0.0623. The Kier molecular flexibility index (Phi) is 18.6. The molecule has 2 aliphatic rings. The molecule has 6 rings (SSSR count). The highest BCUT2D eigenvalue weighted by Crippen LogP contribution is 2.53. The van der Waals surface area contributed by atoms with Gasteiger partial charge >= 0.3 is 19.8 Å². The third-order valence-electron chi connectivity index (χ3n) is 11.9. The minimum atomic E-state index is -4.69. The molecule has 0 aliphatic carbocycles. The number of carbonyl (C=O) groups is 5. The summed E-state index contributed by atoms with van der Waals surface area (Å²) in [7, 11) is 2.60. The van der Waals surface area contributed by atoms with Crippen molar-refractivity contribution in [3.63, 3.8) is 0 Å². The average Bonchev–Trinajstić information content (AvgIpc) is 4.03. The van der Waals surface area contributed by atoms with Crippen LogP contribution in [0.3, 0.4) is 0 Å². The van der Waals surface area contributed by atoms with Crippen LogP contribution >= 0.6 is 7.82 Å². The van der Waals surface area contributed by atoms with Gasteiger partial charge in [0.25, 0.3) is 0 Å². The number of phosphoric acid groups is 1. The van der Waals surface area contributed by atoms with E-state index < -0.39 is 79.5 Å². The van der Waals surface area contributed by atoms with Crippen LogP contribution in [0.25, 0.3) is 0 Å². The number of nitrogens with one attached hydrogen (secondary N) is 2. The van der Waals surface area contributed by atoms with E-state index in [1.807, 2.05) is 0 Å². The monoisotopic (exact) mass is 1030 g/mol. The molecule has 2 unspecified atom stereocenters. The zero-order valence-electron chi connectivity index (χ0n) is 42.5. The van der Waals surface area contributed by atoms with Crippen molar-refractivity contribution in [1.29, 1.82) is 0 Å². The van der Waals surface area contributed by atoms with Crippen molar-refractivity contribution < 1.29 is 80.0 Å². The molecule has 2 N–H and O–H groups in total. The average molecular weight is 1030 g/mol. The lowest BCUT2D eigenvalue weighted by Crippen LogP contribution is -2.57. The van der Waals surface area contributed by atoms with Crippen molar-refractivity contribution >= 4 is 37.5 Å². The number of rotatable bonds is 23. The Bertz CT molecular complexity index is 2540. The fourth-order valence-electron chi connectivity index (χ4n) is 8.41. The molecule has 0 saturated carbocycles. The van der Waals surface area contributed by atoms with Crippen molar-refractivity contribution in [3.8, 4) is 40.2 Å². The van der Waals surface area contributed by atoms with Gasteiger partial charge in [-0.15, -0.1) is 0 Å². The van der Waals surface area contributed by atoms with E-state index in [0.29, 0.717) is 46.3 Å². The fraction of sp³-hybridized carbons (Fsp3) is 0.442. The van der Waals surface area contributed by atoms with Gasteiger partial charge in [0.2, 0.25) is 23.3 Å². The van der Waals surface area contributed by atoms with Gasteiger partial charge in [-0.2, -0.15) is 0 Å². The first-order valence-corrected chi connectivity index (χ1v) is 25.0. The van der Waals surface area contributed by atoms with E-state index in [1.165, 1.54) is 47.4 Å². The van der Waals surface area contributed by atoms with Gasteiger partial charge in [-0.3, -0.25) is 18.9 Å². The summed E-state index contributed by atoms with van der Waals surface area (Å²) in [4.78, 5) is 72.3. The van der Waals surface area contributed by atoms with Crippen LogP contribution in [0.15, 0.2) is 91.0 Å². The lowest BCUT2D eigenvalue weighted by Gasteiger charge is -2.35. The smallest absolute Gasteiger partial charge is 0.497 e. The standard InChI is InChI=1S/C52H64N3O17P/c1-33(56)53-40(31-39-44(65-8)29-38(63-6)30-45(39)66-9)48(58)55-25-16-21-42(55)47(57)54-41(27-34-22-23-37(62-5)28-43(34)64-7)49(59)67-32-52(50(60)69-51(2,3)4)46(24-26-68-52)72-73(61,70-35-17-12-10-13-18-35)71-36-19-14-11-15-20-36/h10-15,17-20,22-23,28-30,40-42,46H,16,21,24-27,31-32H2,1-9H3,(H,53,56)(H,54,57)/t40-,41-,42-,46?,52?/m0/s1. The van der Waals surface area contributed by atoms with Gasteiger partial charge in [-0.1, -0.05) is 42.5 Å². The van der Waals surface area contributed by atoms with Gasteiger partial charge in [-0.25, -0.2) is 14.2 Å². The Hall–Kier alpha value is -7.02. The molecule has 20 nitrogen and oxygen atoms in total. The molecule has 394 valence electrons. The fourth-order valence-corrected chi connectivity index (χ4v) is 9.88. The van der Waals surface area contributed by atoms with Crippen molar-refractivity contribution in [2.75, 3.05) is 55.3 Å². The number of carbonyl (C=O) groups excluding carboxylic acids is 5. The lowest BCUT2D eigenvalue weighted by atomic mass is 9.97. The molecule has 73 heavy (non-hydrogen) atoms. The Labute approximate surface area is 424 Å². The molecule has 21 heteroatoms. The number of likely N-dealkylation sites (tertiary alicyclic amines) is 1. The van der Waals surface area contributed by atoms with Crippen LogP contribution in [0.1, 0.15) is 58.1 Å². The number of phosphoric ester groups is 1. The van der Waals surface area contributed by atoms with Gasteiger partial charge in [0.1, 0.15) is 76.7 Å². The van der Waals surface area contributed by atoms with Crippen LogP contribution < -0.4 is 43.4 Å². The molecule has 5 atom stereocenters. The summed E-state index contributed by atoms with van der Waals surface area (Å²) in [6.45, 7) is 5.33. The number of nitrogens with zero attached hydrogens (tertiary/aromatic N) is 1. The summed E-state index contributed by atoms with van der Waals surface area (Å²) in [6.07, 6.45) is -1.17. The van der Waals surface area contributed by atoms with E-state index in [4.69, 9.17) is 51.5 Å².